The molecule has 0 aliphatic carbocycles. The molecule has 0 spiro atoms. The number of carbonyl (C=O) groups excluding carboxylic acids is 2. The third-order valence-electron chi connectivity index (χ3n) is 11.3. The van der Waals surface area contributed by atoms with E-state index in [-0.39, 0.29) is 41.4 Å². The summed E-state index contributed by atoms with van der Waals surface area (Å²) in [4.78, 5) is 32.3. The van der Waals surface area contributed by atoms with Gasteiger partial charge in [0.2, 0.25) is 5.91 Å². The maximum Gasteiger partial charge on any atom is 0.356 e. The topological polar surface area (TPSA) is 101 Å². The highest BCUT2D eigenvalue weighted by molar-refractivity contribution is 7.96. The molecule has 0 saturated carbocycles. The second-order valence-electron chi connectivity index (χ2n) is 15.6. The van der Waals surface area contributed by atoms with Crippen molar-refractivity contribution in [3.8, 4) is 11.8 Å². The summed E-state index contributed by atoms with van der Waals surface area (Å²) in [5.74, 6) is -1.05. The van der Waals surface area contributed by atoms with Crippen molar-refractivity contribution in [2.45, 2.75) is 77.1 Å². The molecule has 54 heavy (non-hydrogen) atoms. The molecule has 282 valence electrons. The normalized spacial score (nSPS) is 19.6. The zero-order valence-electron chi connectivity index (χ0n) is 32.3. The summed E-state index contributed by atoms with van der Waals surface area (Å²) in [6.45, 7) is 10.2. The number of epoxide rings is 1. The largest absolute Gasteiger partial charge is 0.497 e. The van der Waals surface area contributed by atoms with Gasteiger partial charge in [0.05, 0.1) is 44.0 Å². The lowest BCUT2D eigenvalue weighted by Crippen LogP contribution is -2.71. The second kappa shape index (κ2) is 16.1. The van der Waals surface area contributed by atoms with E-state index in [2.05, 4.69) is 39.9 Å². The van der Waals surface area contributed by atoms with E-state index in [0.717, 1.165) is 21.5 Å². The van der Waals surface area contributed by atoms with Crippen LogP contribution in [0.1, 0.15) is 39.7 Å². The number of methoxy groups -OCH3 is 1. The Labute approximate surface area is 321 Å². The Morgan fingerprint density at radius 3 is 1.83 bits per heavy atom. The Morgan fingerprint density at radius 2 is 1.41 bits per heavy atom. The first-order valence-electron chi connectivity index (χ1n) is 18.6. The lowest BCUT2D eigenvalue weighted by Gasteiger charge is -2.55. The molecule has 10 heteroatoms. The first-order valence-corrected chi connectivity index (χ1v) is 23.3. The van der Waals surface area contributed by atoms with Crippen molar-refractivity contribution in [1.82, 2.24) is 4.90 Å². The van der Waals surface area contributed by atoms with E-state index in [1.54, 1.807) is 12.0 Å². The average molecular weight is 763 g/mol. The van der Waals surface area contributed by atoms with E-state index >= 15 is 9.59 Å². The van der Waals surface area contributed by atoms with Gasteiger partial charge in [-0.3, -0.25) is 4.79 Å². The zero-order chi connectivity index (χ0) is 38.7. The minimum absolute atomic E-state index is 0.0148. The van der Waals surface area contributed by atoms with Gasteiger partial charge in [-0.1, -0.05) is 124 Å². The van der Waals surface area contributed by atoms with Crippen LogP contribution >= 0.6 is 6.89 Å². The number of likely N-dealkylation sites (tertiary alicyclic amines) is 1. The number of amides is 1. The first kappa shape index (κ1) is 39.2. The molecular formula is C44H51N2O6PSi. The highest BCUT2D eigenvalue weighted by Gasteiger charge is 2.61. The molecule has 4 aromatic carbocycles. The fourth-order valence-electron chi connectivity index (χ4n) is 7.41. The quantitative estimate of drug-likeness (QED) is 0.0447. The second-order valence-corrected chi connectivity index (χ2v) is 23.7. The fourth-order valence-corrected chi connectivity index (χ4v) is 13.2. The molecule has 2 aliphatic heterocycles. The Morgan fingerprint density at radius 1 is 0.907 bits per heavy atom. The number of esters is 1. The zero-order valence-corrected chi connectivity index (χ0v) is 34.2. The molecule has 2 saturated heterocycles. The van der Waals surface area contributed by atoms with Gasteiger partial charge < -0.3 is 23.5 Å². The number of ether oxygens (including phenoxy) is 3. The molecular weight excluding hydrogens is 712 g/mol. The SMILES string of the molecule is COc1ccc(COC(=O)C(N2C(=O)[C@H]([C@@H](C)O[Si](C)(C)C(C)(C)C)[C@H]2[C@@H](CC#N)[C@H]2CO2)=P(c2ccccc2)(c2ccccc2)c2ccccc2)cc1. The maximum atomic E-state index is 15.4. The van der Waals surface area contributed by atoms with Crippen molar-refractivity contribution in [1.29, 1.82) is 5.26 Å². The number of nitriles is 1. The smallest absolute Gasteiger partial charge is 0.356 e. The van der Waals surface area contributed by atoms with Crippen LogP contribution in [-0.2, 0) is 30.1 Å². The number of β-lactam (4-membered cyclic amide) rings is 1. The molecule has 4 aromatic rings. The summed E-state index contributed by atoms with van der Waals surface area (Å²) >= 11 is 0. The average Bonchev–Trinajstić information content (AvgIpc) is 4.02. The molecule has 6 rings (SSSR count). The monoisotopic (exact) mass is 762 g/mol. The minimum atomic E-state index is -3.17. The van der Waals surface area contributed by atoms with Crippen LogP contribution in [0.2, 0.25) is 18.1 Å². The maximum absolute atomic E-state index is 15.4. The number of nitrogens with zero attached hydrogens (tertiary/aromatic N) is 2. The number of hydrogen-bond donors (Lipinski definition) is 0. The lowest BCUT2D eigenvalue weighted by molar-refractivity contribution is -0.161. The summed E-state index contributed by atoms with van der Waals surface area (Å²) in [5, 5.41) is 12.8. The van der Waals surface area contributed by atoms with E-state index in [1.807, 2.05) is 122 Å². The number of hydrogen-bond acceptors (Lipinski definition) is 7. The van der Waals surface area contributed by atoms with E-state index in [9.17, 15) is 5.26 Å². The van der Waals surface area contributed by atoms with Crippen LogP contribution in [0.5, 0.6) is 5.75 Å². The van der Waals surface area contributed by atoms with Crippen molar-refractivity contribution in [2.24, 2.45) is 11.8 Å². The number of carbonyl (C=O) groups is 2. The van der Waals surface area contributed by atoms with E-state index in [1.165, 1.54) is 0 Å². The van der Waals surface area contributed by atoms with Crippen molar-refractivity contribution in [2.75, 3.05) is 13.7 Å². The molecule has 0 aromatic heterocycles. The molecule has 2 fully saturated rings. The van der Waals surface area contributed by atoms with Crippen molar-refractivity contribution < 1.29 is 28.2 Å². The van der Waals surface area contributed by atoms with E-state index in [0.29, 0.717) is 12.4 Å². The third kappa shape index (κ3) is 7.58. The first-order chi connectivity index (χ1) is 25.8. The molecule has 2 aliphatic rings. The molecule has 1 amide bonds. The highest BCUT2D eigenvalue weighted by atomic mass is 31.2. The molecule has 8 nitrogen and oxygen atoms in total. The highest BCUT2D eigenvalue weighted by Crippen LogP contribution is 2.52. The number of benzene rings is 4. The van der Waals surface area contributed by atoms with Gasteiger partial charge in [-0.2, -0.15) is 5.26 Å². The molecule has 0 bridgehead atoms. The van der Waals surface area contributed by atoms with Gasteiger partial charge in [0.25, 0.3) is 0 Å². The Kier molecular flexibility index (Phi) is 11.7. The summed E-state index contributed by atoms with van der Waals surface area (Å²) in [6.07, 6.45) is -0.527. The van der Waals surface area contributed by atoms with Crippen molar-refractivity contribution in [3.63, 3.8) is 0 Å². The summed E-state index contributed by atoms with van der Waals surface area (Å²) in [6, 6.07) is 39.2. The molecule has 2 heterocycles. The predicted octanol–water partition coefficient (Wildman–Crippen LogP) is 7.03. The van der Waals surface area contributed by atoms with Crippen LogP contribution in [0.15, 0.2) is 115 Å². The standard InChI is InChI=1S/C44H51N2O6PSi/c1-31(52-54(6,7)44(2,3)4)39-40(37(27-28-45)38-30-50-38)46(41(39)47)42(43(48)51-29-32-23-25-33(49-5)26-24-32)53(34-17-11-8-12-18-34,35-19-13-9-14-20-35)36-21-15-10-16-22-36/h8-26,31,37-40H,27,29-30H2,1-7H3/t31-,37+,38-,39-,40-/m1/s1. The lowest BCUT2D eigenvalue weighted by atomic mass is 9.73. The Balaban J connectivity index is 1.64. The minimum Gasteiger partial charge on any atom is -0.497 e. The van der Waals surface area contributed by atoms with Crippen LogP contribution in [0, 0.1) is 23.2 Å². The number of rotatable bonds is 14. The molecule has 0 radical (unpaired) electrons. The van der Waals surface area contributed by atoms with Crippen molar-refractivity contribution in [3.05, 3.63) is 121 Å². The van der Waals surface area contributed by atoms with Crippen molar-refractivity contribution >= 4 is 48.4 Å². The van der Waals surface area contributed by atoms with Crippen LogP contribution < -0.4 is 20.7 Å². The van der Waals surface area contributed by atoms with Crippen LogP contribution in [0.25, 0.3) is 0 Å². The van der Waals surface area contributed by atoms with E-state index in [4.69, 9.17) is 18.6 Å². The molecule has 0 unspecified atom stereocenters. The Hall–Kier alpha value is -4.45. The Bertz CT molecular complexity index is 1920. The van der Waals surface area contributed by atoms with Gasteiger partial charge in [0.15, 0.2) is 8.32 Å². The van der Waals surface area contributed by atoms with Gasteiger partial charge >= 0.3 is 5.97 Å². The summed E-state index contributed by atoms with van der Waals surface area (Å²) in [5.41, 5.74) is 1.06. The van der Waals surface area contributed by atoms with Crippen LogP contribution in [0.3, 0.4) is 0 Å². The fraction of sp³-hybridized carbons (Fsp3) is 0.364. The van der Waals surface area contributed by atoms with Gasteiger partial charge in [-0.25, -0.2) is 4.79 Å². The predicted molar refractivity (Wildman–Crippen MR) is 218 cm³/mol. The van der Waals surface area contributed by atoms with Gasteiger partial charge in [-0.05, 0) is 58.7 Å². The molecule has 5 atom stereocenters. The van der Waals surface area contributed by atoms with Gasteiger partial charge in [0, 0.05) is 19.2 Å². The summed E-state index contributed by atoms with van der Waals surface area (Å²) in [7, 11) is -0.722. The van der Waals surface area contributed by atoms with Crippen LogP contribution in [-0.4, -0.2) is 62.5 Å². The third-order valence-corrected chi connectivity index (χ3v) is 20.1. The summed E-state index contributed by atoms with van der Waals surface area (Å²) < 4.78 is 24.5. The van der Waals surface area contributed by atoms with Gasteiger partial charge in [0.1, 0.15) is 17.8 Å². The van der Waals surface area contributed by atoms with Crippen LogP contribution in [0.4, 0.5) is 0 Å². The molecule has 0 N–H and O–H groups in total. The van der Waals surface area contributed by atoms with Gasteiger partial charge in [-0.15, -0.1) is 0 Å². The van der Waals surface area contributed by atoms with E-state index < -0.39 is 39.2 Å².